The molecule has 0 bridgehead atoms. The molecule has 0 aliphatic rings. The van der Waals surface area contributed by atoms with Gasteiger partial charge in [0, 0.05) is 17.3 Å². The van der Waals surface area contributed by atoms with Gasteiger partial charge in [0.1, 0.15) is 11.5 Å². The average Bonchev–Trinajstić information content (AvgIpc) is 2.91. The summed E-state index contributed by atoms with van der Waals surface area (Å²) in [5, 5.41) is 15.7. The van der Waals surface area contributed by atoms with E-state index < -0.39 is 0 Å². The van der Waals surface area contributed by atoms with Crippen molar-refractivity contribution < 1.29 is 14.6 Å². The van der Waals surface area contributed by atoms with Crippen molar-refractivity contribution in [2.45, 2.75) is 53.4 Å². The normalized spacial score (nSPS) is 12.4. The SMILES string of the molecule is C\C=C/C=c1/cc(-c2cc(OCCC(C)C)cc(C(=O)NCCCc3ccccc3)c2)cc(O)/c1=C\CC. The molecule has 0 saturated heterocycles. The molecule has 0 fully saturated rings. The van der Waals surface area contributed by atoms with Gasteiger partial charge in [-0.05, 0) is 90.8 Å². The van der Waals surface area contributed by atoms with E-state index in [9.17, 15) is 9.90 Å². The number of benzene rings is 3. The Bertz CT molecular complexity index is 1340. The van der Waals surface area contributed by atoms with Crippen LogP contribution in [0.3, 0.4) is 0 Å². The molecule has 0 heterocycles. The number of aromatic hydroxyl groups is 1. The van der Waals surface area contributed by atoms with Crippen molar-refractivity contribution in [3.63, 3.8) is 0 Å². The van der Waals surface area contributed by atoms with E-state index in [1.807, 2.05) is 67.6 Å². The molecule has 3 rings (SSSR count). The Balaban J connectivity index is 1.91. The molecule has 2 N–H and O–H groups in total. The molecule has 4 heteroatoms. The molecule has 0 aliphatic heterocycles. The molecule has 0 radical (unpaired) electrons. The van der Waals surface area contributed by atoms with Crippen LogP contribution in [0.25, 0.3) is 23.3 Å². The fourth-order valence-corrected chi connectivity index (χ4v) is 4.22. The van der Waals surface area contributed by atoms with Gasteiger partial charge in [0.2, 0.25) is 0 Å². The van der Waals surface area contributed by atoms with Crippen LogP contribution in [0.5, 0.6) is 11.5 Å². The van der Waals surface area contributed by atoms with Crippen molar-refractivity contribution in [2.24, 2.45) is 5.92 Å². The van der Waals surface area contributed by atoms with Crippen molar-refractivity contribution in [1.29, 1.82) is 0 Å². The highest BCUT2D eigenvalue weighted by molar-refractivity contribution is 5.96. The number of hydrogen-bond acceptors (Lipinski definition) is 3. The summed E-state index contributed by atoms with van der Waals surface area (Å²) in [6.45, 7) is 9.51. The number of phenolic OH excluding ortho intramolecular Hbond substituents is 1. The van der Waals surface area contributed by atoms with Crippen molar-refractivity contribution >= 4 is 18.1 Å². The van der Waals surface area contributed by atoms with E-state index in [1.165, 1.54) is 5.56 Å². The minimum atomic E-state index is -0.130. The second-order valence-corrected chi connectivity index (χ2v) is 9.93. The summed E-state index contributed by atoms with van der Waals surface area (Å²) in [7, 11) is 0. The van der Waals surface area contributed by atoms with Crippen LogP contribution in [0.2, 0.25) is 0 Å². The van der Waals surface area contributed by atoms with E-state index in [4.69, 9.17) is 4.74 Å². The van der Waals surface area contributed by atoms with Crippen molar-refractivity contribution in [3.05, 3.63) is 94.4 Å². The first-order chi connectivity index (χ1) is 18.4. The average molecular weight is 512 g/mol. The maximum atomic E-state index is 13.2. The third kappa shape index (κ3) is 8.65. The van der Waals surface area contributed by atoms with E-state index in [1.54, 1.807) is 6.07 Å². The van der Waals surface area contributed by atoms with Crippen LogP contribution >= 0.6 is 0 Å². The summed E-state index contributed by atoms with van der Waals surface area (Å²) in [5.74, 6) is 1.27. The van der Waals surface area contributed by atoms with Crippen molar-refractivity contribution in [1.82, 2.24) is 5.32 Å². The van der Waals surface area contributed by atoms with Crippen molar-refractivity contribution in [3.8, 4) is 22.6 Å². The molecule has 200 valence electrons. The molecule has 0 saturated carbocycles. The van der Waals surface area contributed by atoms with Gasteiger partial charge >= 0.3 is 0 Å². The van der Waals surface area contributed by atoms with Gasteiger partial charge in [-0.2, -0.15) is 0 Å². The van der Waals surface area contributed by atoms with E-state index in [0.717, 1.165) is 47.2 Å². The molecule has 38 heavy (non-hydrogen) atoms. The van der Waals surface area contributed by atoms with E-state index in [2.05, 4.69) is 44.3 Å². The Labute approximate surface area is 227 Å². The van der Waals surface area contributed by atoms with Gasteiger partial charge in [-0.25, -0.2) is 0 Å². The minimum Gasteiger partial charge on any atom is -0.507 e. The monoisotopic (exact) mass is 511 g/mol. The first-order valence-electron chi connectivity index (χ1n) is 13.7. The van der Waals surface area contributed by atoms with Crippen LogP contribution in [-0.2, 0) is 6.42 Å². The van der Waals surface area contributed by atoms with Crippen LogP contribution in [0.15, 0.2) is 72.8 Å². The number of hydrogen-bond donors (Lipinski definition) is 2. The molecule has 4 nitrogen and oxygen atoms in total. The molecule has 0 atom stereocenters. The molecule has 0 aromatic heterocycles. The zero-order valence-electron chi connectivity index (χ0n) is 23.2. The number of aryl methyl sites for hydroxylation is 1. The molecule has 3 aromatic rings. The van der Waals surface area contributed by atoms with E-state index in [-0.39, 0.29) is 11.7 Å². The summed E-state index contributed by atoms with van der Waals surface area (Å²) >= 11 is 0. The summed E-state index contributed by atoms with van der Waals surface area (Å²) in [6, 6.07) is 19.7. The van der Waals surface area contributed by atoms with Gasteiger partial charge in [-0.15, -0.1) is 0 Å². The van der Waals surface area contributed by atoms with Crippen LogP contribution in [0.4, 0.5) is 0 Å². The van der Waals surface area contributed by atoms with Gasteiger partial charge in [0.05, 0.1) is 6.61 Å². The van der Waals surface area contributed by atoms with Crippen LogP contribution in [-0.4, -0.2) is 24.2 Å². The standard InChI is InChI=1S/C34H41NO3/c1-5-7-16-27-20-29(24-33(36)32(27)12-6-2)28-21-30(23-31(22-28)38-19-17-25(3)4)34(37)35-18-11-15-26-13-9-8-10-14-26/h5,7-10,12-14,16,20-25,36H,6,11,15,17-19H2,1-4H3,(H,35,37)/b7-5-,27-16-,32-12-. The number of allylic oxidation sites excluding steroid dienone is 2. The second-order valence-electron chi connectivity index (χ2n) is 9.93. The summed E-state index contributed by atoms with van der Waals surface area (Å²) in [6.07, 6.45) is 11.5. The fourth-order valence-electron chi connectivity index (χ4n) is 4.22. The molecule has 3 aromatic carbocycles. The molecular weight excluding hydrogens is 470 g/mol. The second kappa shape index (κ2) is 14.8. The van der Waals surface area contributed by atoms with Gasteiger partial charge in [-0.1, -0.05) is 75.4 Å². The maximum Gasteiger partial charge on any atom is 0.251 e. The maximum absolute atomic E-state index is 13.2. The largest absolute Gasteiger partial charge is 0.507 e. The first kappa shape index (κ1) is 28.8. The number of rotatable bonds is 12. The Morgan fingerprint density at radius 3 is 2.53 bits per heavy atom. The molecule has 0 unspecified atom stereocenters. The van der Waals surface area contributed by atoms with Gasteiger partial charge in [0.15, 0.2) is 0 Å². The predicted molar refractivity (Wildman–Crippen MR) is 159 cm³/mol. The summed E-state index contributed by atoms with van der Waals surface area (Å²) in [4.78, 5) is 13.2. The van der Waals surface area contributed by atoms with E-state index >= 15 is 0 Å². The van der Waals surface area contributed by atoms with E-state index in [0.29, 0.717) is 30.4 Å². The lowest BCUT2D eigenvalue weighted by atomic mass is 9.99. The number of ether oxygens (including phenoxy) is 1. The zero-order valence-corrected chi connectivity index (χ0v) is 23.2. The lowest BCUT2D eigenvalue weighted by molar-refractivity contribution is 0.0952. The number of carbonyl (C=O) groups is 1. The smallest absolute Gasteiger partial charge is 0.251 e. The van der Waals surface area contributed by atoms with Crippen molar-refractivity contribution in [2.75, 3.05) is 13.2 Å². The van der Waals surface area contributed by atoms with Gasteiger partial charge < -0.3 is 15.2 Å². The topological polar surface area (TPSA) is 58.6 Å². The van der Waals surface area contributed by atoms with Gasteiger partial charge in [-0.3, -0.25) is 4.79 Å². The Kier molecular flexibility index (Phi) is 11.2. The molecular formula is C34H41NO3. The highest BCUT2D eigenvalue weighted by Crippen LogP contribution is 2.27. The number of nitrogens with one attached hydrogen (secondary N) is 1. The highest BCUT2D eigenvalue weighted by atomic mass is 16.5. The Morgan fingerprint density at radius 2 is 1.82 bits per heavy atom. The lowest BCUT2D eigenvalue weighted by Gasteiger charge is -2.13. The quantitative estimate of drug-likeness (QED) is 0.277. The zero-order chi connectivity index (χ0) is 27.3. The van der Waals surface area contributed by atoms with Crippen LogP contribution in [0, 0.1) is 5.92 Å². The molecule has 1 amide bonds. The van der Waals surface area contributed by atoms with Crippen LogP contribution < -0.4 is 20.5 Å². The Hall–Kier alpha value is -3.79. The number of carbonyl (C=O) groups excluding carboxylic acids is 1. The molecule has 0 spiro atoms. The third-order valence-electron chi connectivity index (χ3n) is 6.30. The predicted octanol–water partition coefficient (Wildman–Crippen LogP) is 6.39. The summed E-state index contributed by atoms with van der Waals surface area (Å²) < 4.78 is 6.07. The highest BCUT2D eigenvalue weighted by Gasteiger charge is 2.12. The molecule has 0 aliphatic carbocycles. The van der Waals surface area contributed by atoms with Crippen LogP contribution in [0.1, 0.15) is 62.9 Å². The third-order valence-corrected chi connectivity index (χ3v) is 6.30. The lowest BCUT2D eigenvalue weighted by Crippen LogP contribution is -2.25. The number of phenols is 1. The first-order valence-corrected chi connectivity index (χ1v) is 13.7. The summed E-state index contributed by atoms with van der Waals surface area (Å²) in [5.41, 5.74) is 3.47. The van der Waals surface area contributed by atoms with Gasteiger partial charge in [0.25, 0.3) is 5.91 Å². The number of amides is 1. The fraction of sp³-hybridized carbons (Fsp3) is 0.324. The minimum absolute atomic E-state index is 0.130. The Morgan fingerprint density at radius 1 is 1.05 bits per heavy atom.